The minimum Gasteiger partial charge on any atom is -0.0836 e. The van der Waals surface area contributed by atoms with Crippen LogP contribution in [0.2, 0.25) is 20.1 Å². The summed E-state index contributed by atoms with van der Waals surface area (Å²) in [6, 6.07) is 8.23. The van der Waals surface area contributed by atoms with Gasteiger partial charge in [-0.25, -0.2) is 0 Å². The summed E-state index contributed by atoms with van der Waals surface area (Å²) in [7, 11) is 6.88. The molecule has 0 aromatic heterocycles. The molecule has 0 saturated carbocycles. The monoisotopic (exact) mass is 512 g/mol. The lowest BCUT2D eigenvalue weighted by molar-refractivity contribution is 1.48. The van der Waals surface area contributed by atoms with E-state index in [-0.39, 0.29) is 0 Å². The second-order valence-corrected chi connectivity index (χ2v) is 12.8. The molecule has 2 aliphatic heterocycles. The van der Waals surface area contributed by atoms with Crippen LogP contribution < -0.4 is 0 Å². The molecule has 0 bridgehead atoms. The Morgan fingerprint density at radius 2 is 0.607 bits per heavy atom. The van der Waals surface area contributed by atoms with Crippen LogP contribution in [0.5, 0.6) is 0 Å². The Kier molecular flexibility index (Phi) is 3.65. The van der Waals surface area contributed by atoms with Crippen LogP contribution in [-0.4, -0.2) is 0 Å². The average Bonchev–Trinajstić information content (AvgIpc) is 3.24. The third-order valence-corrected chi connectivity index (χ3v) is 11.4. The minimum atomic E-state index is 0.703. The highest BCUT2D eigenvalue weighted by Crippen LogP contribution is 2.62. The van der Waals surface area contributed by atoms with Crippen molar-refractivity contribution in [1.82, 2.24) is 0 Å². The fraction of sp³-hybridized carbons (Fsp3) is 0. The summed E-state index contributed by atoms with van der Waals surface area (Å²) >= 11 is 27.4. The summed E-state index contributed by atoms with van der Waals surface area (Å²) in [5.41, 5.74) is 0. The lowest BCUT2D eigenvalue weighted by Gasteiger charge is -2.19. The van der Waals surface area contributed by atoms with Gasteiger partial charge in [-0.3, -0.25) is 0 Å². The van der Waals surface area contributed by atoms with Crippen molar-refractivity contribution in [2.24, 2.45) is 0 Å². The standard InChI is InChI=1S/C20H4Cl4S4/c21-5-1-9-17-10(26-25-9)2-7(23)15-16-8(24)4-12-18-11(27-28-12)3-6(22)14(20(16)18)13(5)19(15)17/h1-4H. The van der Waals surface area contributed by atoms with Crippen LogP contribution in [0.4, 0.5) is 0 Å². The summed E-state index contributed by atoms with van der Waals surface area (Å²) in [5, 5.41) is 11.2. The van der Waals surface area contributed by atoms with Crippen LogP contribution in [0.25, 0.3) is 43.1 Å². The van der Waals surface area contributed by atoms with Crippen LogP contribution in [0.3, 0.4) is 0 Å². The summed E-state index contributed by atoms with van der Waals surface area (Å²) in [5.74, 6) is 0. The number of benzene rings is 5. The molecule has 2 heterocycles. The molecule has 0 amide bonds. The molecule has 0 radical (unpaired) electrons. The Morgan fingerprint density at radius 1 is 0.357 bits per heavy atom. The van der Waals surface area contributed by atoms with Gasteiger partial charge in [-0.15, -0.1) is 0 Å². The zero-order valence-corrected chi connectivity index (χ0v) is 19.7. The third-order valence-electron chi connectivity index (χ3n) is 5.41. The zero-order valence-electron chi connectivity index (χ0n) is 13.5. The number of fused-ring (bicyclic) bond motifs is 2. The van der Waals surface area contributed by atoms with E-state index in [2.05, 4.69) is 24.3 Å². The van der Waals surface area contributed by atoms with Crippen LogP contribution in [0.15, 0.2) is 43.8 Å². The third kappa shape index (κ3) is 2.00. The Hall–Kier alpha value is -0.0400. The first-order valence-electron chi connectivity index (χ1n) is 8.22. The normalized spacial score (nSPS) is 15.3. The molecule has 0 fully saturated rings. The van der Waals surface area contributed by atoms with Gasteiger partial charge in [-0.1, -0.05) is 89.6 Å². The van der Waals surface area contributed by atoms with Crippen molar-refractivity contribution in [3.8, 4) is 0 Å². The van der Waals surface area contributed by atoms with Crippen LogP contribution in [0.1, 0.15) is 0 Å². The Bertz CT molecular complexity index is 1330. The molecule has 7 rings (SSSR count). The number of halogens is 4. The van der Waals surface area contributed by atoms with Gasteiger partial charge in [0.05, 0.1) is 20.1 Å². The first-order valence-corrected chi connectivity index (χ1v) is 14.0. The van der Waals surface area contributed by atoms with Gasteiger partial charge < -0.3 is 0 Å². The molecule has 0 spiro atoms. The van der Waals surface area contributed by atoms with Crippen molar-refractivity contribution >= 4 is 133 Å². The number of hydrogen-bond acceptors (Lipinski definition) is 4. The largest absolute Gasteiger partial charge is 0.0836 e. The molecule has 0 nitrogen and oxygen atoms in total. The van der Waals surface area contributed by atoms with Crippen molar-refractivity contribution in [3.05, 3.63) is 44.4 Å². The van der Waals surface area contributed by atoms with E-state index in [1.807, 2.05) is 0 Å². The van der Waals surface area contributed by atoms with Crippen LogP contribution >= 0.6 is 89.6 Å². The Morgan fingerprint density at radius 3 is 0.857 bits per heavy atom. The quantitative estimate of drug-likeness (QED) is 0.114. The maximum atomic E-state index is 6.86. The lowest BCUT2D eigenvalue weighted by Crippen LogP contribution is -1.92. The average molecular weight is 514 g/mol. The van der Waals surface area contributed by atoms with Gasteiger partial charge in [-0.2, -0.15) is 0 Å². The predicted octanol–water partition coefficient (Wildman–Crippen LogP) is 10.6. The molecule has 0 atom stereocenters. The van der Waals surface area contributed by atoms with E-state index >= 15 is 0 Å². The molecule has 0 unspecified atom stereocenters. The van der Waals surface area contributed by atoms with Crippen molar-refractivity contribution in [2.45, 2.75) is 19.6 Å². The first-order chi connectivity index (χ1) is 13.5. The molecule has 28 heavy (non-hydrogen) atoms. The summed E-state index contributed by atoms with van der Waals surface area (Å²) in [6.07, 6.45) is 0. The summed E-state index contributed by atoms with van der Waals surface area (Å²) in [6.45, 7) is 0. The van der Waals surface area contributed by atoms with Crippen molar-refractivity contribution < 1.29 is 0 Å². The molecule has 0 N–H and O–H groups in total. The van der Waals surface area contributed by atoms with Crippen molar-refractivity contribution in [3.63, 3.8) is 0 Å². The molecule has 2 aliphatic rings. The SMILES string of the molecule is Clc1cc2c3c(cc(Cl)c4c5c(Cl)cc6c7c(cc(Cl)c(c1c34)c75)SS6)SS2. The fourth-order valence-corrected chi connectivity index (χ4v) is 10.9. The fourth-order valence-electron chi connectivity index (χ4n) is 4.42. The zero-order chi connectivity index (χ0) is 18.9. The second kappa shape index (κ2) is 5.80. The summed E-state index contributed by atoms with van der Waals surface area (Å²) in [4.78, 5) is 4.66. The lowest BCUT2D eigenvalue weighted by atomic mass is 9.89. The van der Waals surface area contributed by atoms with Gasteiger partial charge in [0.25, 0.3) is 0 Å². The second-order valence-electron chi connectivity index (χ2n) is 6.76. The van der Waals surface area contributed by atoms with Gasteiger partial charge in [0.1, 0.15) is 0 Å². The number of rotatable bonds is 0. The van der Waals surface area contributed by atoms with E-state index in [1.54, 1.807) is 43.2 Å². The van der Waals surface area contributed by atoms with E-state index in [0.717, 1.165) is 51.9 Å². The molecule has 5 aromatic carbocycles. The van der Waals surface area contributed by atoms with Crippen LogP contribution in [-0.2, 0) is 0 Å². The Balaban J connectivity index is 1.98. The van der Waals surface area contributed by atoms with Crippen molar-refractivity contribution in [1.29, 1.82) is 0 Å². The topological polar surface area (TPSA) is 0 Å². The van der Waals surface area contributed by atoms with Crippen molar-refractivity contribution in [2.75, 3.05) is 0 Å². The molecule has 5 aromatic rings. The van der Waals surface area contributed by atoms with Gasteiger partial charge in [0, 0.05) is 62.7 Å². The highest BCUT2D eigenvalue weighted by Gasteiger charge is 2.30. The van der Waals surface area contributed by atoms with Gasteiger partial charge in [-0.05, 0) is 24.3 Å². The van der Waals surface area contributed by atoms with E-state index in [9.17, 15) is 0 Å². The highest BCUT2D eigenvalue weighted by molar-refractivity contribution is 8.77. The molecule has 0 aliphatic carbocycles. The molecule has 136 valence electrons. The molecular formula is C20H4Cl4S4. The maximum absolute atomic E-state index is 6.86. The molecular weight excluding hydrogens is 510 g/mol. The number of hydrogen-bond donors (Lipinski definition) is 0. The highest BCUT2D eigenvalue weighted by atomic mass is 35.5. The van der Waals surface area contributed by atoms with Gasteiger partial charge in [0.2, 0.25) is 0 Å². The summed E-state index contributed by atoms with van der Waals surface area (Å²) < 4.78 is 0. The predicted molar refractivity (Wildman–Crippen MR) is 131 cm³/mol. The van der Waals surface area contributed by atoms with Gasteiger partial charge >= 0.3 is 0 Å². The smallest absolute Gasteiger partial charge is 0.0503 e. The van der Waals surface area contributed by atoms with Gasteiger partial charge in [0.15, 0.2) is 0 Å². The Labute approximate surface area is 195 Å². The maximum Gasteiger partial charge on any atom is 0.0503 e. The van der Waals surface area contributed by atoms with E-state index < -0.39 is 0 Å². The van der Waals surface area contributed by atoms with Crippen LogP contribution in [0, 0.1) is 0 Å². The van der Waals surface area contributed by atoms with E-state index in [1.165, 1.54) is 10.8 Å². The molecule has 8 heteroatoms. The minimum absolute atomic E-state index is 0.703. The van der Waals surface area contributed by atoms with E-state index in [0.29, 0.717) is 20.1 Å². The van der Waals surface area contributed by atoms with E-state index in [4.69, 9.17) is 46.4 Å². The first kappa shape index (κ1) is 17.6. The molecule has 0 saturated heterocycles.